The minimum Gasteiger partial charge on any atom is -0.450 e. The lowest BCUT2D eigenvalue weighted by atomic mass is 9.54. The third-order valence-corrected chi connectivity index (χ3v) is 8.78. The molecule has 1 aromatic carbocycles. The van der Waals surface area contributed by atoms with Gasteiger partial charge in [-0.05, 0) is 43.8 Å². The summed E-state index contributed by atoms with van der Waals surface area (Å²) in [5.41, 5.74) is 2.28. The van der Waals surface area contributed by atoms with Gasteiger partial charge >= 0.3 is 0 Å². The molecule has 0 spiro atoms. The maximum absolute atomic E-state index is 13.7. The number of rotatable bonds is 5. The zero-order valence-corrected chi connectivity index (χ0v) is 20.5. The maximum atomic E-state index is 13.7. The van der Waals surface area contributed by atoms with Crippen molar-refractivity contribution >= 4 is 39.6 Å². The van der Waals surface area contributed by atoms with Gasteiger partial charge in [0.05, 0.1) is 28.2 Å². The van der Waals surface area contributed by atoms with Crippen molar-refractivity contribution in [3.8, 4) is 11.3 Å². The van der Waals surface area contributed by atoms with E-state index in [0.717, 1.165) is 31.2 Å². The van der Waals surface area contributed by atoms with Gasteiger partial charge in [0.1, 0.15) is 11.5 Å². The van der Waals surface area contributed by atoms with E-state index in [1.54, 1.807) is 36.5 Å². The molecule has 1 N–H and O–H groups in total. The zero-order chi connectivity index (χ0) is 24.0. The standard InChI is InChI=1S/C23H25BClN5O3S/c1-15-3-9-19(10-4-15)34(32,33)30-21(11-20-22(25)26-14-27-23(20)30)16-12-28-29(13-16)18-7-5-17(6-8-18)24(2)31/h3-4,9-14,17-18,31H,5-8H2,1-2H3. The van der Waals surface area contributed by atoms with Crippen molar-refractivity contribution in [3.63, 3.8) is 0 Å². The molecule has 3 heterocycles. The van der Waals surface area contributed by atoms with Crippen LogP contribution in [0.4, 0.5) is 0 Å². The lowest BCUT2D eigenvalue weighted by Gasteiger charge is -2.29. The first kappa shape index (κ1) is 23.1. The average molecular weight is 498 g/mol. The summed E-state index contributed by atoms with van der Waals surface area (Å²) in [5.74, 6) is 0.314. The molecule has 0 radical (unpaired) electrons. The summed E-state index contributed by atoms with van der Waals surface area (Å²) in [6.45, 7) is 3.45. The van der Waals surface area contributed by atoms with E-state index in [0.29, 0.717) is 22.5 Å². The number of aromatic nitrogens is 5. The molecule has 4 aromatic rings. The van der Waals surface area contributed by atoms with Gasteiger partial charge in [-0.25, -0.2) is 22.4 Å². The summed E-state index contributed by atoms with van der Waals surface area (Å²) < 4.78 is 30.6. The number of aryl methyl sites for hydroxylation is 1. The molecule has 0 saturated heterocycles. The Morgan fingerprint density at radius 3 is 2.50 bits per heavy atom. The Morgan fingerprint density at radius 1 is 1.12 bits per heavy atom. The Labute approximate surface area is 203 Å². The monoisotopic (exact) mass is 497 g/mol. The fourth-order valence-corrected chi connectivity index (χ4v) is 6.40. The van der Waals surface area contributed by atoms with E-state index >= 15 is 0 Å². The normalized spacial score (nSPS) is 18.9. The molecule has 8 nitrogen and oxygen atoms in total. The van der Waals surface area contributed by atoms with Gasteiger partial charge in [-0.2, -0.15) is 5.10 Å². The average Bonchev–Trinajstić information content (AvgIpc) is 3.45. The van der Waals surface area contributed by atoms with E-state index in [1.165, 1.54) is 10.3 Å². The molecule has 1 fully saturated rings. The Bertz CT molecular complexity index is 1440. The zero-order valence-electron chi connectivity index (χ0n) is 19.0. The van der Waals surface area contributed by atoms with Crippen LogP contribution < -0.4 is 0 Å². The van der Waals surface area contributed by atoms with Crippen LogP contribution in [0.25, 0.3) is 22.3 Å². The molecular weight excluding hydrogens is 473 g/mol. The highest BCUT2D eigenvalue weighted by Crippen LogP contribution is 2.38. The third-order valence-electron chi connectivity index (χ3n) is 6.76. The van der Waals surface area contributed by atoms with Crippen molar-refractivity contribution < 1.29 is 13.4 Å². The van der Waals surface area contributed by atoms with Crippen LogP contribution in [0.1, 0.15) is 37.3 Å². The van der Waals surface area contributed by atoms with Crippen molar-refractivity contribution in [3.05, 3.63) is 59.8 Å². The summed E-state index contributed by atoms with van der Waals surface area (Å²) >= 11 is 6.31. The summed E-state index contributed by atoms with van der Waals surface area (Å²) in [7, 11) is -3.96. The first-order valence-electron chi connectivity index (χ1n) is 11.3. The smallest absolute Gasteiger partial charge is 0.288 e. The molecular formula is C23H25BClN5O3S. The summed E-state index contributed by atoms with van der Waals surface area (Å²) in [5, 5.41) is 15.1. The van der Waals surface area contributed by atoms with Gasteiger partial charge in [-0.15, -0.1) is 0 Å². The highest BCUT2D eigenvalue weighted by Gasteiger charge is 2.29. The van der Waals surface area contributed by atoms with Crippen LogP contribution >= 0.6 is 11.6 Å². The number of fused-ring (bicyclic) bond motifs is 1. The topological polar surface area (TPSA) is 103 Å². The van der Waals surface area contributed by atoms with Crippen LogP contribution in [0.3, 0.4) is 0 Å². The van der Waals surface area contributed by atoms with Crippen molar-refractivity contribution in [2.75, 3.05) is 0 Å². The van der Waals surface area contributed by atoms with Gasteiger partial charge in [0, 0.05) is 11.8 Å². The number of hydrogen-bond acceptors (Lipinski definition) is 6. The van der Waals surface area contributed by atoms with E-state index < -0.39 is 10.0 Å². The molecule has 0 atom stereocenters. The molecule has 0 unspecified atom stereocenters. The summed E-state index contributed by atoms with van der Waals surface area (Å²) in [4.78, 5) is 8.45. The minimum absolute atomic E-state index is 0.162. The molecule has 34 heavy (non-hydrogen) atoms. The largest absolute Gasteiger partial charge is 0.450 e. The number of hydrogen-bond donors (Lipinski definition) is 1. The fraction of sp³-hybridized carbons (Fsp3) is 0.348. The molecule has 0 amide bonds. The first-order valence-corrected chi connectivity index (χ1v) is 13.1. The maximum Gasteiger partial charge on any atom is 0.288 e. The Kier molecular flexibility index (Phi) is 5.99. The molecule has 11 heteroatoms. The van der Waals surface area contributed by atoms with Crippen LogP contribution in [0.15, 0.2) is 53.9 Å². The summed E-state index contributed by atoms with van der Waals surface area (Å²) in [6.07, 6.45) is 8.52. The Morgan fingerprint density at radius 2 is 1.82 bits per heavy atom. The van der Waals surface area contributed by atoms with Crippen LogP contribution in [-0.4, -0.2) is 44.1 Å². The van der Waals surface area contributed by atoms with E-state index in [1.807, 2.05) is 24.6 Å². The molecule has 176 valence electrons. The van der Waals surface area contributed by atoms with Crippen LogP contribution in [-0.2, 0) is 10.0 Å². The predicted octanol–water partition coefficient (Wildman–Crippen LogP) is 4.59. The SMILES string of the molecule is CB(O)C1CCC(n2cc(-c3cc4c(Cl)ncnc4n3S(=O)(=O)c3ccc(C)cc3)cn2)CC1. The number of benzene rings is 1. The fourth-order valence-electron chi connectivity index (χ4n) is 4.74. The molecule has 3 aromatic heterocycles. The van der Waals surface area contributed by atoms with E-state index in [-0.39, 0.29) is 28.7 Å². The van der Waals surface area contributed by atoms with Crippen molar-refractivity contribution in [2.24, 2.45) is 0 Å². The van der Waals surface area contributed by atoms with Gasteiger partial charge in [-0.3, -0.25) is 4.68 Å². The highest BCUT2D eigenvalue weighted by atomic mass is 35.5. The van der Waals surface area contributed by atoms with E-state index in [9.17, 15) is 13.4 Å². The van der Waals surface area contributed by atoms with E-state index in [4.69, 9.17) is 11.6 Å². The molecule has 0 aliphatic heterocycles. The van der Waals surface area contributed by atoms with Gasteiger partial charge in [0.25, 0.3) is 16.9 Å². The van der Waals surface area contributed by atoms with E-state index in [2.05, 4.69) is 15.1 Å². The number of nitrogens with zero attached hydrogens (tertiary/aromatic N) is 5. The van der Waals surface area contributed by atoms with Crippen LogP contribution in [0.2, 0.25) is 17.8 Å². The lowest BCUT2D eigenvalue weighted by molar-refractivity contribution is 0.318. The first-order chi connectivity index (χ1) is 16.3. The van der Waals surface area contributed by atoms with Crippen molar-refractivity contribution in [2.45, 2.75) is 56.2 Å². The van der Waals surface area contributed by atoms with Crippen LogP contribution in [0, 0.1) is 6.92 Å². The second-order valence-corrected chi connectivity index (χ2v) is 11.2. The third kappa shape index (κ3) is 4.04. The van der Waals surface area contributed by atoms with Crippen LogP contribution in [0.5, 0.6) is 0 Å². The molecule has 1 aliphatic rings. The van der Waals surface area contributed by atoms with Gasteiger partial charge in [0.2, 0.25) is 0 Å². The predicted molar refractivity (Wildman–Crippen MR) is 133 cm³/mol. The van der Waals surface area contributed by atoms with Crippen molar-refractivity contribution in [1.29, 1.82) is 0 Å². The molecule has 1 aliphatic carbocycles. The summed E-state index contributed by atoms with van der Waals surface area (Å²) in [6, 6.07) is 8.62. The molecule has 1 saturated carbocycles. The molecule has 0 bridgehead atoms. The van der Waals surface area contributed by atoms with Gasteiger partial charge < -0.3 is 5.02 Å². The lowest BCUT2D eigenvalue weighted by Crippen LogP contribution is -2.24. The Balaban J connectivity index is 1.59. The van der Waals surface area contributed by atoms with Crippen molar-refractivity contribution in [1.82, 2.24) is 23.7 Å². The quantitative estimate of drug-likeness (QED) is 0.319. The minimum atomic E-state index is -3.96. The van der Waals surface area contributed by atoms with Gasteiger partial charge in [-0.1, -0.05) is 49.0 Å². The number of halogens is 1. The Hall–Kier alpha value is -2.69. The van der Waals surface area contributed by atoms with Gasteiger partial charge in [0.15, 0.2) is 5.65 Å². The second-order valence-electron chi connectivity index (χ2n) is 9.03. The second kappa shape index (κ2) is 8.83. The molecule has 5 rings (SSSR count). The highest BCUT2D eigenvalue weighted by molar-refractivity contribution is 7.90.